The highest BCUT2D eigenvalue weighted by Gasteiger charge is 2.40. The number of alkyl carbamates (subject to hydrolysis) is 1. The maximum Gasteiger partial charge on any atom is 0.408 e. The highest BCUT2D eigenvalue weighted by molar-refractivity contribution is 5.95. The van der Waals surface area contributed by atoms with E-state index in [1.54, 1.807) is 45.0 Å². The van der Waals surface area contributed by atoms with Crippen LogP contribution >= 0.6 is 0 Å². The van der Waals surface area contributed by atoms with Gasteiger partial charge in [-0.15, -0.1) is 6.42 Å². The van der Waals surface area contributed by atoms with Gasteiger partial charge in [-0.1, -0.05) is 57.2 Å². The van der Waals surface area contributed by atoms with Crippen LogP contribution in [0, 0.1) is 18.3 Å². The molecule has 41 heavy (non-hydrogen) atoms. The zero-order valence-corrected chi connectivity index (χ0v) is 25.5. The second-order valence-electron chi connectivity index (χ2n) is 12.4. The van der Waals surface area contributed by atoms with Crippen LogP contribution in [0.2, 0.25) is 0 Å². The summed E-state index contributed by atoms with van der Waals surface area (Å²) in [5, 5.41) is 5.71. The average Bonchev–Trinajstić information content (AvgIpc) is 2.88. The van der Waals surface area contributed by atoms with Gasteiger partial charge in [0, 0.05) is 17.6 Å². The van der Waals surface area contributed by atoms with E-state index in [0.717, 1.165) is 38.5 Å². The topological polar surface area (TPSA) is 131 Å². The van der Waals surface area contributed by atoms with Crippen LogP contribution < -0.4 is 16.4 Å². The van der Waals surface area contributed by atoms with Crippen LogP contribution in [-0.4, -0.2) is 52.4 Å². The maximum absolute atomic E-state index is 14.4. The van der Waals surface area contributed by atoms with Gasteiger partial charge in [-0.05, 0) is 70.9 Å². The van der Waals surface area contributed by atoms with Crippen molar-refractivity contribution in [2.24, 2.45) is 11.7 Å². The minimum atomic E-state index is -1.34. The van der Waals surface area contributed by atoms with E-state index in [4.69, 9.17) is 16.9 Å². The monoisotopic (exact) mass is 568 g/mol. The van der Waals surface area contributed by atoms with E-state index in [2.05, 4.69) is 30.4 Å². The molecule has 0 bridgehead atoms. The first-order valence-electron chi connectivity index (χ1n) is 14.7. The Morgan fingerprint density at radius 1 is 1.07 bits per heavy atom. The molecule has 0 heterocycles. The smallest absolute Gasteiger partial charge is 0.408 e. The third-order valence-electron chi connectivity index (χ3n) is 7.17. The molecule has 1 aliphatic rings. The maximum atomic E-state index is 14.4. The molecule has 9 heteroatoms. The van der Waals surface area contributed by atoms with Gasteiger partial charge >= 0.3 is 6.09 Å². The van der Waals surface area contributed by atoms with Crippen molar-refractivity contribution in [2.75, 3.05) is 0 Å². The van der Waals surface area contributed by atoms with Crippen LogP contribution in [0.15, 0.2) is 24.3 Å². The molecule has 9 nitrogen and oxygen atoms in total. The summed E-state index contributed by atoms with van der Waals surface area (Å²) in [6, 6.07) is 4.16. The molecule has 1 aliphatic carbocycles. The van der Waals surface area contributed by atoms with E-state index in [-0.39, 0.29) is 11.9 Å². The second kappa shape index (κ2) is 15.5. The molecule has 1 aromatic carbocycles. The summed E-state index contributed by atoms with van der Waals surface area (Å²) in [6.45, 7) is 11.1. The van der Waals surface area contributed by atoms with Gasteiger partial charge in [0.15, 0.2) is 0 Å². The molecule has 0 saturated heterocycles. The summed E-state index contributed by atoms with van der Waals surface area (Å²) < 4.78 is 5.37. The number of benzene rings is 1. The Balaban J connectivity index is 2.62. The molecule has 4 N–H and O–H groups in total. The largest absolute Gasteiger partial charge is 0.444 e. The lowest BCUT2D eigenvalue weighted by molar-refractivity contribution is -0.146. The second-order valence-corrected chi connectivity index (χ2v) is 12.4. The van der Waals surface area contributed by atoms with Crippen LogP contribution in [0.1, 0.15) is 110 Å². The number of ether oxygens (including phenoxy) is 1. The van der Waals surface area contributed by atoms with Crippen LogP contribution in [-0.2, 0) is 19.1 Å². The molecule has 2 rings (SSSR count). The summed E-state index contributed by atoms with van der Waals surface area (Å²) in [5.41, 5.74) is 5.67. The van der Waals surface area contributed by atoms with Gasteiger partial charge in [-0.3, -0.25) is 14.4 Å². The number of carbonyl (C=O) groups excluding carboxylic acids is 4. The van der Waals surface area contributed by atoms with Gasteiger partial charge in [0.25, 0.3) is 0 Å². The van der Waals surface area contributed by atoms with Gasteiger partial charge in [0.2, 0.25) is 17.7 Å². The standard InChI is InChI=1S/C32H48N4O5/c1-8-23-14-12-13-17-25(23)28(29(38)34-24-15-10-9-11-16-24)36(22(4)19-18-21(2)3)30(39)26(20-27(33)37)35-31(40)41-32(5,6)7/h1,12-14,17,21-22,24,26,28H,9-11,15-16,18-20H2,2-7H3,(H2,33,37)(H,34,38)(H,35,40). The van der Waals surface area contributed by atoms with Crippen molar-refractivity contribution in [3.63, 3.8) is 0 Å². The first kappa shape index (κ1) is 33.7. The summed E-state index contributed by atoms with van der Waals surface area (Å²) in [7, 11) is 0. The molecular formula is C32H48N4O5. The predicted octanol–water partition coefficient (Wildman–Crippen LogP) is 4.58. The molecule has 0 spiro atoms. The number of nitrogens with zero attached hydrogens (tertiary/aromatic N) is 1. The predicted molar refractivity (Wildman–Crippen MR) is 159 cm³/mol. The van der Waals surface area contributed by atoms with Crippen molar-refractivity contribution in [2.45, 2.75) is 123 Å². The number of terminal acetylenes is 1. The normalized spacial score (nSPS) is 16.1. The first-order chi connectivity index (χ1) is 19.2. The fourth-order valence-corrected chi connectivity index (χ4v) is 5.15. The zero-order valence-electron chi connectivity index (χ0n) is 25.5. The molecule has 4 amide bonds. The number of primary amides is 1. The van der Waals surface area contributed by atoms with Crippen LogP contribution in [0.25, 0.3) is 0 Å². The molecular weight excluding hydrogens is 520 g/mol. The molecule has 3 atom stereocenters. The van der Waals surface area contributed by atoms with Crippen molar-refractivity contribution in [1.29, 1.82) is 0 Å². The number of nitrogens with one attached hydrogen (secondary N) is 2. The van der Waals surface area contributed by atoms with E-state index < -0.39 is 48.1 Å². The van der Waals surface area contributed by atoms with Gasteiger partial charge in [0.1, 0.15) is 17.7 Å². The first-order valence-corrected chi connectivity index (χ1v) is 14.7. The van der Waals surface area contributed by atoms with E-state index in [0.29, 0.717) is 23.5 Å². The van der Waals surface area contributed by atoms with E-state index in [1.807, 2.05) is 6.92 Å². The Bertz CT molecular complexity index is 1100. The summed E-state index contributed by atoms with van der Waals surface area (Å²) in [4.78, 5) is 54.8. The number of amides is 4. The van der Waals surface area contributed by atoms with Gasteiger partial charge in [-0.25, -0.2) is 4.79 Å². The zero-order chi connectivity index (χ0) is 30.7. The number of nitrogens with two attached hydrogens (primary N) is 1. The lowest BCUT2D eigenvalue weighted by Gasteiger charge is -2.39. The fourth-order valence-electron chi connectivity index (χ4n) is 5.15. The van der Waals surface area contributed by atoms with Crippen LogP contribution in [0.4, 0.5) is 4.79 Å². The highest BCUT2D eigenvalue weighted by Crippen LogP contribution is 2.31. The van der Waals surface area contributed by atoms with Gasteiger partial charge in [0.05, 0.1) is 6.42 Å². The Labute approximate surface area is 245 Å². The summed E-state index contributed by atoms with van der Waals surface area (Å²) >= 11 is 0. The molecule has 1 aromatic rings. The van der Waals surface area contributed by atoms with Crippen molar-refractivity contribution in [3.8, 4) is 12.3 Å². The molecule has 1 fully saturated rings. The minimum absolute atomic E-state index is 0.0130. The molecule has 1 saturated carbocycles. The molecule has 0 radical (unpaired) electrons. The average molecular weight is 569 g/mol. The van der Waals surface area contributed by atoms with Crippen molar-refractivity contribution >= 4 is 23.8 Å². The Hall–Kier alpha value is -3.54. The lowest BCUT2D eigenvalue weighted by atomic mass is 9.92. The molecule has 0 aliphatic heterocycles. The summed E-state index contributed by atoms with van der Waals surface area (Å²) in [5.74, 6) is 1.27. The number of hydrogen-bond donors (Lipinski definition) is 3. The number of carbonyl (C=O) groups is 4. The Morgan fingerprint density at radius 3 is 2.27 bits per heavy atom. The van der Waals surface area contributed by atoms with Gasteiger partial charge in [-0.2, -0.15) is 0 Å². The van der Waals surface area contributed by atoms with Crippen molar-refractivity contribution in [1.82, 2.24) is 15.5 Å². The summed E-state index contributed by atoms with van der Waals surface area (Å²) in [6.07, 6.45) is 10.8. The van der Waals surface area contributed by atoms with E-state index in [9.17, 15) is 19.2 Å². The van der Waals surface area contributed by atoms with Crippen molar-refractivity contribution < 1.29 is 23.9 Å². The SMILES string of the molecule is C#Cc1ccccc1C(C(=O)NC1CCCCC1)N(C(=O)C(CC(N)=O)NC(=O)OC(C)(C)C)C(C)CCC(C)C. The highest BCUT2D eigenvalue weighted by atomic mass is 16.6. The third-order valence-corrected chi connectivity index (χ3v) is 7.17. The number of rotatable bonds is 12. The minimum Gasteiger partial charge on any atom is -0.444 e. The Morgan fingerprint density at radius 2 is 1.71 bits per heavy atom. The lowest BCUT2D eigenvalue weighted by Crippen LogP contribution is -2.57. The molecule has 3 unspecified atom stereocenters. The third kappa shape index (κ3) is 10.8. The molecule has 226 valence electrons. The molecule has 0 aromatic heterocycles. The quantitative estimate of drug-likeness (QED) is 0.318. The van der Waals surface area contributed by atoms with Gasteiger partial charge < -0.3 is 26.0 Å². The van der Waals surface area contributed by atoms with Crippen LogP contribution in [0.3, 0.4) is 0 Å². The van der Waals surface area contributed by atoms with Crippen LogP contribution in [0.5, 0.6) is 0 Å². The number of hydrogen-bond acceptors (Lipinski definition) is 5. The Kier molecular flexibility index (Phi) is 12.7. The van der Waals surface area contributed by atoms with Crippen molar-refractivity contribution in [3.05, 3.63) is 35.4 Å². The van der Waals surface area contributed by atoms with E-state index in [1.165, 1.54) is 4.90 Å². The van der Waals surface area contributed by atoms with E-state index >= 15 is 0 Å². The fraction of sp³-hybridized carbons (Fsp3) is 0.625.